The molecule has 0 bridgehead atoms. The van der Waals surface area contributed by atoms with Gasteiger partial charge in [0.15, 0.2) is 5.76 Å². The fourth-order valence-electron chi connectivity index (χ4n) is 2.29. The van der Waals surface area contributed by atoms with E-state index >= 15 is 0 Å². The highest BCUT2D eigenvalue weighted by Gasteiger charge is 2.23. The molecule has 4 rings (SSSR count). The van der Waals surface area contributed by atoms with Crippen molar-refractivity contribution in [3.05, 3.63) is 75.0 Å². The molecular formula is C18H10ClNO2S2. The Morgan fingerprint density at radius 3 is 2.58 bits per heavy atom. The van der Waals surface area contributed by atoms with Crippen molar-refractivity contribution in [3.8, 4) is 22.0 Å². The number of furan rings is 1. The van der Waals surface area contributed by atoms with Gasteiger partial charge in [-0.3, -0.25) is 4.79 Å². The predicted molar refractivity (Wildman–Crippen MR) is 98.0 cm³/mol. The van der Waals surface area contributed by atoms with Gasteiger partial charge in [-0.25, -0.2) is 4.98 Å². The predicted octanol–water partition coefficient (Wildman–Crippen LogP) is 6.02. The first-order chi connectivity index (χ1) is 11.7. The molecule has 3 heterocycles. The third-order valence-electron chi connectivity index (χ3n) is 3.42. The highest BCUT2D eigenvalue weighted by Crippen LogP contribution is 2.36. The van der Waals surface area contributed by atoms with Crippen LogP contribution in [0.25, 0.3) is 22.0 Å². The smallest absolute Gasteiger partial charge is 0.215 e. The Morgan fingerprint density at radius 1 is 1.08 bits per heavy atom. The SMILES string of the molecule is O=C(c1cccs1)c1sc(-c2ccc(Cl)cc2)nc1-c1ccco1. The highest BCUT2D eigenvalue weighted by molar-refractivity contribution is 7.19. The van der Waals surface area contributed by atoms with Crippen LogP contribution in [0.3, 0.4) is 0 Å². The average Bonchev–Trinajstić information content (AvgIpc) is 3.34. The minimum absolute atomic E-state index is 0.0332. The number of nitrogens with zero attached hydrogens (tertiary/aromatic N) is 1. The molecule has 6 heteroatoms. The molecule has 0 spiro atoms. The van der Waals surface area contributed by atoms with Crippen LogP contribution >= 0.6 is 34.3 Å². The van der Waals surface area contributed by atoms with Crippen LogP contribution in [0.2, 0.25) is 5.02 Å². The van der Waals surface area contributed by atoms with Crippen LogP contribution in [0.15, 0.2) is 64.6 Å². The molecule has 0 atom stereocenters. The number of thiophene rings is 1. The Bertz CT molecular complexity index is 971. The molecule has 0 radical (unpaired) electrons. The lowest BCUT2D eigenvalue weighted by Gasteiger charge is -1.96. The Balaban J connectivity index is 1.85. The zero-order chi connectivity index (χ0) is 16.5. The maximum Gasteiger partial charge on any atom is 0.215 e. The molecule has 0 saturated carbocycles. The van der Waals surface area contributed by atoms with E-state index < -0.39 is 0 Å². The minimum atomic E-state index is -0.0332. The van der Waals surface area contributed by atoms with Gasteiger partial charge in [-0.2, -0.15) is 0 Å². The first kappa shape index (κ1) is 15.3. The number of rotatable bonds is 4. The van der Waals surface area contributed by atoms with Gasteiger partial charge in [0.2, 0.25) is 5.78 Å². The highest BCUT2D eigenvalue weighted by atomic mass is 35.5. The summed E-state index contributed by atoms with van der Waals surface area (Å²) >= 11 is 8.74. The van der Waals surface area contributed by atoms with E-state index in [-0.39, 0.29) is 5.78 Å². The van der Waals surface area contributed by atoms with E-state index in [2.05, 4.69) is 4.98 Å². The second kappa shape index (κ2) is 6.36. The Hall–Kier alpha value is -2.21. The summed E-state index contributed by atoms with van der Waals surface area (Å²) in [4.78, 5) is 18.8. The molecule has 24 heavy (non-hydrogen) atoms. The summed E-state index contributed by atoms with van der Waals surface area (Å²) in [6.45, 7) is 0. The molecule has 0 fully saturated rings. The van der Waals surface area contributed by atoms with Crippen molar-refractivity contribution in [2.45, 2.75) is 0 Å². The summed E-state index contributed by atoms with van der Waals surface area (Å²) in [6, 6.07) is 14.7. The number of thiazole rings is 1. The minimum Gasteiger partial charge on any atom is -0.463 e. The Morgan fingerprint density at radius 2 is 1.92 bits per heavy atom. The fourth-order valence-corrected chi connectivity index (χ4v) is 4.18. The van der Waals surface area contributed by atoms with Crippen LogP contribution in [0, 0.1) is 0 Å². The second-order valence-electron chi connectivity index (χ2n) is 4.99. The molecule has 0 saturated heterocycles. The van der Waals surface area contributed by atoms with Crippen molar-refractivity contribution < 1.29 is 9.21 Å². The number of benzene rings is 1. The van der Waals surface area contributed by atoms with Crippen LogP contribution < -0.4 is 0 Å². The summed E-state index contributed by atoms with van der Waals surface area (Å²) in [6.07, 6.45) is 1.58. The Kier molecular flexibility index (Phi) is 4.06. The lowest BCUT2D eigenvalue weighted by atomic mass is 10.2. The number of hydrogen-bond acceptors (Lipinski definition) is 5. The molecule has 4 aromatic rings. The van der Waals surface area contributed by atoms with Gasteiger partial charge in [0.1, 0.15) is 15.6 Å². The molecule has 0 N–H and O–H groups in total. The number of hydrogen-bond donors (Lipinski definition) is 0. The van der Waals surface area contributed by atoms with E-state index in [1.54, 1.807) is 12.3 Å². The summed E-state index contributed by atoms with van der Waals surface area (Å²) < 4.78 is 5.47. The molecule has 0 amide bonds. The maximum absolute atomic E-state index is 12.8. The quantitative estimate of drug-likeness (QED) is 0.412. The largest absolute Gasteiger partial charge is 0.463 e. The van der Waals surface area contributed by atoms with Gasteiger partial charge in [0, 0.05) is 10.6 Å². The van der Waals surface area contributed by atoms with Crippen molar-refractivity contribution in [2.24, 2.45) is 0 Å². The topological polar surface area (TPSA) is 43.1 Å². The molecular weight excluding hydrogens is 362 g/mol. The van der Waals surface area contributed by atoms with Gasteiger partial charge in [-0.1, -0.05) is 29.8 Å². The summed E-state index contributed by atoms with van der Waals surface area (Å²) in [5.41, 5.74) is 1.50. The zero-order valence-corrected chi connectivity index (χ0v) is 14.6. The normalized spacial score (nSPS) is 10.9. The van der Waals surface area contributed by atoms with Gasteiger partial charge in [-0.15, -0.1) is 22.7 Å². The first-order valence-electron chi connectivity index (χ1n) is 7.11. The van der Waals surface area contributed by atoms with Crippen LogP contribution in [-0.2, 0) is 0 Å². The van der Waals surface area contributed by atoms with Gasteiger partial charge in [0.05, 0.1) is 11.1 Å². The van der Waals surface area contributed by atoms with E-state index in [0.717, 1.165) is 10.6 Å². The van der Waals surface area contributed by atoms with Crippen LogP contribution in [0.1, 0.15) is 14.5 Å². The number of ketones is 1. The molecule has 0 aliphatic carbocycles. The van der Waals surface area contributed by atoms with Crippen LogP contribution in [0.4, 0.5) is 0 Å². The molecule has 3 nitrogen and oxygen atoms in total. The van der Waals surface area contributed by atoms with E-state index in [0.29, 0.717) is 26.2 Å². The number of carbonyl (C=O) groups excluding carboxylic acids is 1. The lowest BCUT2D eigenvalue weighted by molar-refractivity contribution is 0.104. The zero-order valence-electron chi connectivity index (χ0n) is 12.2. The fraction of sp³-hybridized carbons (Fsp3) is 0. The standard InChI is InChI=1S/C18H10ClNO2S2/c19-12-7-5-11(6-8-12)18-20-15(13-3-1-9-22-13)17(24-18)16(21)14-4-2-10-23-14/h1-10H. The van der Waals surface area contributed by atoms with E-state index in [1.165, 1.54) is 22.7 Å². The summed E-state index contributed by atoms with van der Waals surface area (Å²) in [5.74, 6) is 0.556. The molecule has 0 aliphatic heterocycles. The third-order valence-corrected chi connectivity index (χ3v) is 5.65. The summed E-state index contributed by atoms with van der Waals surface area (Å²) in [7, 11) is 0. The van der Waals surface area contributed by atoms with Crippen molar-refractivity contribution in [3.63, 3.8) is 0 Å². The van der Waals surface area contributed by atoms with Crippen molar-refractivity contribution >= 4 is 40.1 Å². The van der Waals surface area contributed by atoms with E-state index in [9.17, 15) is 4.79 Å². The summed E-state index contributed by atoms with van der Waals surface area (Å²) in [5, 5.41) is 3.32. The van der Waals surface area contributed by atoms with E-state index in [4.69, 9.17) is 16.0 Å². The third kappa shape index (κ3) is 2.82. The first-order valence-corrected chi connectivity index (χ1v) is 9.18. The van der Waals surface area contributed by atoms with Gasteiger partial charge >= 0.3 is 0 Å². The van der Waals surface area contributed by atoms with Crippen LogP contribution in [-0.4, -0.2) is 10.8 Å². The number of aromatic nitrogens is 1. The second-order valence-corrected chi connectivity index (χ2v) is 7.37. The van der Waals surface area contributed by atoms with Crippen molar-refractivity contribution in [1.29, 1.82) is 0 Å². The van der Waals surface area contributed by atoms with E-state index in [1.807, 2.05) is 47.8 Å². The van der Waals surface area contributed by atoms with Crippen molar-refractivity contribution in [2.75, 3.05) is 0 Å². The molecule has 1 aromatic carbocycles. The van der Waals surface area contributed by atoms with Gasteiger partial charge in [0.25, 0.3) is 0 Å². The molecule has 0 unspecified atom stereocenters. The van der Waals surface area contributed by atoms with Gasteiger partial charge < -0.3 is 4.42 Å². The number of halogens is 1. The Labute approximate surface area is 151 Å². The average molecular weight is 372 g/mol. The van der Waals surface area contributed by atoms with Crippen molar-refractivity contribution in [1.82, 2.24) is 4.98 Å². The van der Waals surface area contributed by atoms with Crippen LogP contribution in [0.5, 0.6) is 0 Å². The molecule has 0 aliphatic rings. The molecule has 3 aromatic heterocycles. The monoisotopic (exact) mass is 371 g/mol. The number of carbonyl (C=O) groups is 1. The maximum atomic E-state index is 12.8. The molecule has 118 valence electrons. The van der Waals surface area contributed by atoms with Gasteiger partial charge in [-0.05, 0) is 35.7 Å². The lowest BCUT2D eigenvalue weighted by Crippen LogP contribution is -1.97.